The molecule has 7 nitrogen and oxygen atoms in total. The second kappa shape index (κ2) is 11.3. The van der Waals surface area contributed by atoms with Gasteiger partial charge in [0.05, 0.1) is 18.4 Å². The van der Waals surface area contributed by atoms with E-state index in [9.17, 15) is 9.59 Å². The van der Waals surface area contributed by atoms with Crippen LogP contribution in [0.25, 0.3) is 0 Å². The lowest BCUT2D eigenvalue weighted by Gasteiger charge is -2.27. The molecule has 1 atom stereocenters. The van der Waals surface area contributed by atoms with Crippen molar-refractivity contribution in [1.82, 2.24) is 15.2 Å². The van der Waals surface area contributed by atoms with Crippen LogP contribution in [0.4, 0.5) is 4.79 Å². The van der Waals surface area contributed by atoms with E-state index in [4.69, 9.17) is 16.3 Å². The molecule has 3 amide bonds. The minimum Gasteiger partial charge on any atom is -0.383 e. The van der Waals surface area contributed by atoms with E-state index in [2.05, 4.69) is 10.4 Å². The van der Waals surface area contributed by atoms with Crippen LogP contribution in [-0.2, 0) is 9.53 Å². The number of hydrazone groups is 1. The van der Waals surface area contributed by atoms with Crippen LogP contribution in [0.5, 0.6) is 0 Å². The summed E-state index contributed by atoms with van der Waals surface area (Å²) in [4.78, 5) is 27.6. The van der Waals surface area contributed by atoms with Crippen LogP contribution in [0.15, 0.2) is 53.6 Å². The summed E-state index contributed by atoms with van der Waals surface area (Å²) >= 11 is 6.42. The van der Waals surface area contributed by atoms with Gasteiger partial charge in [-0.2, -0.15) is 5.10 Å². The van der Waals surface area contributed by atoms with Gasteiger partial charge in [0.1, 0.15) is 6.54 Å². The van der Waals surface area contributed by atoms with Gasteiger partial charge < -0.3 is 15.0 Å². The van der Waals surface area contributed by atoms with E-state index in [0.29, 0.717) is 24.6 Å². The Bertz CT molecular complexity index is 1010. The van der Waals surface area contributed by atoms with Gasteiger partial charge in [-0.15, -0.1) is 0 Å². The maximum absolute atomic E-state index is 13.4. The van der Waals surface area contributed by atoms with Gasteiger partial charge in [-0.25, -0.2) is 9.80 Å². The molecule has 0 bridgehead atoms. The first kappa shape index (κ1) is 24.7. The quantitative estimate of drug-likeness (QED) is 0.621. The molecular formula is C25H31ClN4O3. The molecule has 2 aromatic carbocycles. The van der Waals surface area contributed by atoms with Crippen molar-refractivity contribution in [1.29, 1.82) is 0 Å². The van der Waals surface area contributed by atoms with Crippen LogP contribution in [0.3, 0.4) is 0 Å². The summed E-state index contributed by atoms with van der Waals surface area (Å²) in [6, 6.07) is 14.9. The molecule has 1 heterocycles. The van der Waals surface area contributed by atoms with E-state index in [1.54, 1.807) is 7.11 Å². The smallest absolute Gasteiger partial charge is 0.318 e. The van der Waals surface area contributed by atoms with Gasteiger partial charge in [-0.1, -0.05) is 59.6 Å². The summed E-state index contributed by atoms with van der Waals surface area (Å²) in [6.45, 7) is 6.29. The van der Waals surface area contributed by atoms with Gasteiger partial charge in [-0.3, -0.25) is 4.79 Å². The maximum atomic E-state index is 13.4. The first-order chi connectivity index (χ1) is 15.8. The molecule has 0 saturated heterocycles. The first-order valence-corrected chi connectivity index (χ1v) is 11.4. The molecule has 3 rings (SSSR count). The summed E-state index contributed by atoms with van der Waals surface area (Å²) in [6.07, 6.45) is 0.537. The fourth-order valence-corrected chi connectivity index (χ4v) is 3.92. The first-order valence-electron chi connectivity index (χ1n) is 11.1. The number of ether oxygens (including phenoxy) is 1. The number of carbonyl (C=O) groups excluding carboxylic acids is 2. The Kier molecular flexibility index (Phi) is 8.47. The van der Waals surface area contributed by atoms with E-state index < -0.39 is 0 Å². The largest absolute Gasteiger partial charge is 0.383 e. The normalized spacial score (nSPS) is 15.5. The molecule has 176 valence electrons. The molecule has 2 aromatic rings. The molecule has 0 fully saturated rings. The average Bonchev–Trinajstić information content (AvgIpc) is 3.22. The monoisotopic (exact) mass is 470 g/mol. The topological polar surface area (TPSA) is 74.2 Å². The minimum absolute atomic E-state index is 0.0467. The molecule has 1 aliphatic heterocycles. The molecule has 0 aromatic heterocycles. The van der Waals surface area contributed by atoms with Crippen molar-refractivity contribution in [3.05, 3.63) is 70.2 Å². The van der Waals surface area contributed by atoms with Crippen molar-refractivity contribution in [2.75, 3.05) is 26.8 Å². The summed E-state index contributed by atoms with van der Waals surface area (Å²) in [7, 11) is 1.56. The number of hydrogen-bond acceptors (Lipinski definition) is 4. The Morgan fingerprint density at radius 3 is 2.55 bits per heavy atom. The van der Waals surface area contributed by atoms with Crippen LogP contribution >= 0.6 is 11.6 Å². The second-order valence-corrected chi connectivity index (χ2v) is 8.82. The lowest BCUT2D eigenvalue weighted by molar-refractivity contribution is -0.133. The van der Waals surface area contributed by atoms with Gasteiger partial charge in [0, 0.05) is 36.7 Å². The van der Waals surface area contributed by atoms with Crippen LogP contribution < -0.4 is 5.32 Å². The predicted octanol–water partition coefficient (Wildman–Crippen LogP) is 4.39. The minimum atomic E-state index is -0.309. The van der Waals surface area contributed by atoms with E-state index in [0.717, 1.165) is 22.4 Å². The van der Waals surface area contributed by atoms with Gasteiger partial charge in [0.2, 0.25) is 0 Å². The molecule has 33 heavy (non-hydrogen) atoms. The standard InChI is InChI=1S/C25H31ClN4O3/c1-17(2)27-25(32)29(13-14-33-4)16-24(31)30-23(19-11-9-18(3)10-12-19)15-22(28-30)20-7-5-6-8-21(20)26/h5-12,17,23H,13-16H2,1-4H3,(H,27,32)/t23-/m0/s1. The van der Waals surface area contributed by atoms with Crippen molar-refractivity contribution >= 4 is 29.3 Å². The highest BCUT2D eigenvalue weighted by Gasteiger charge is 2.34. The van der Waals surface area contributed by atoms with Crippen LogP contribution in [0.1, 0.15) is 43.0 Å². The molecule has 0 radical (unpaired) electrons. The number of nitrogens with one attached hydrogen (secondary N) is 1. The fourth-order valence-electron chi connectivity index (χ4n) is 3.67. The number of methoxy groups -OCH3 is 1. The van der Waals surface area contributed by atoms with Crippen LogP contribution in [-0.4, -0.2) is 60.4 Å². The predicted molar refractivity (Wildman–Crippen MR) is 130 cm³/mol. The highest BCUT2D eigenvalue weighted by atomic mass is 35.5. The summed E-state index contributed by atoms with van der Waals surface area (Å²) in [5.41, 5.74) is 3.67. The van der Waals surface area contributed by atoms with Gasteiger partial charge >= 0.3 is 6.03 Å². The average molecular weight is 471 g/mol. The van der Waals surface area contributed by atoms with Crippen molar-refractivity contribution in [3.8, 4) is 0 Å². The number of rotatable bonds is 8. The zero-order valence-corrected chi connectivity index (χ0v) is 20.3. The molecule has 0 saturated carbocycles. The zero-order chi connectivity index (χ0) is 24.0. The number of benzene rings is 2. The molecule has 0 spiro atoms. The van der Waals surface area contributed by atoms with E-state index >= 15 is 0 Å². The van der Waals surface area contributed by atoms with E-state index in [1.165, 1.54) is 9.91 Å². The van der Waals surface area contributed by atoms with Crippen molar-refractivity contribution in [3.63, 3.8) is 0 Å². The number of nitrogens with zero attached hydrogens (tertiary/aromatic N) is 3. The molecule has 1 N–H and O–H groups in total. The van der Waals surface area contributed by atoms with Gasteiger partial charge in [0.15, 0.2) is 0 Å². The van der Waals surface area contributed by atoms with Gasteiger partial charge in [-0.05, 0) is 32.4 Å². The third-order valence-electron chi connectivity index (χ3n) is 5.40. The molecule has 0 unspecified atom stereocenters. The third-order valence-corrected chi connectivity index (χ3v) is 5.73. The number of aryl methyl sites for hydroxylation is 1. The lowest BCUT2D eigenvalue weighted by Crippen LogP contribution is -2.48. The highest BCUT2D eigenvalue weighted by Crippen LogP contribution is 2.34. The van der Waals surface area contributed by atoms with E-state index in [-0.39, 0.29) is 30.6 Å². The number of hydrogen-bond donors (Lipinski definition) is 1. The Hall–Kier alpha value is -2.90. The summed E-state index contributed by atoms with van der Waals surface area (Å²) in [5, 5.41) is 9.61. The Morgan fingerprint density at radius 2 is 1.91 bits per heavy atom. The molecular weight excluding hydrogens is 440 g/mol. The number of halogens is 1. The number of carbonyl (C=O) groups is 2. The second-order valence-electron chi connectivity index (χ2n) is 8.41. The fraction of sp³-hybridized carbons (Fsp3) is 0.400. The number of urea groups is 1. The Balaban J connectivity index is 1.89. The Morgan fingerprint density at radius 1 is 1.21 bits per heavy atom. The summed E-state index contributed by atoms with van der Waals surface area (Å²) in [5.74, 6) is -0.266. The molecule has 1 aliphatic rings. The van der Waals surface area contributed by atoms with E-state index in [1.807, 2.05) is 69.3 Å². The third kappa shape index (κ3) is 6.33. The number of amides is 3. The Labute approximate surface area is 200 Å². The SMILES string of the molecule is COCCN(CC(=O)N1N=C(c2ccccc2Cl)C[C@H]1c1ccc(C)cc1)C(=O)NC(C)C. The maximum Gasteiger partial charge on any atom is 0.318 e. The lowest BCUT2D eigenvalue weighted by atomic mass is 9.97. The summed E-state index contributed by atoms with van der Waals surface area (Å²) < 4.78 is 5.14. The molecule has 8 heteroatoms. The molecule has 0 aliphatic carbocycles. The zero-order valence-electron chi connectivity index (χ0n) is 19.5. The van der Waals surface area contributed by atoms with Crippen LogP contribution in [0.2, 0.25) is 5.02 Å². The van der Waals surface area contributed by atoms with Crippen molar-refractivity contribution in [2.24, 2.45) is 5.10 Å². The van der Waals surface area contributed by atoms with Gasteiger partial charge in [0.25, 0.3) is 5.91 Å². The van der Waals surface area contributed by atoms with Crippen molar-refractivity contribution < 1.29 is 14.3 Å². The van der Waals surface area contributed by atoms with Crippen LogP contribution in [0, 0.1) is 6.92 Å². The van der Waals surface area contributed by atoms with Crippen molar-refractivity contribution in [2.45, 2.75) is 39.3 Å². The highest BCUT2D eigenvalue weighted by molar-refractivity contribution is 6.34.